The lowest BCUT2D eigenvalue weighted by molar-refractivity contribution is -0.968. The van der Waals surface area contributed by atoms with E-state index in [4.69, 9.17) is 18.9 Å². The van der Waals surface area contributed by atoms with E-state index < -0.39 is 0 Å². The molecule has 0 saturated carbocycles. The third kappa shape index (κ3) is 2.62. The van der Waals surface area contributed by atoms with Crippen LogP contribution in [0.1, 0.15) is 19.3 Å². The standard InChI is InChI=1S/C15H30NO4/c1-17-10-12-14(19-3)15(20-4)13(11-18-2)16(12)8-6-5-7-9-16/h12-15H,5-11H2,1-4H3/q+1/t12-,13-,14+,15+/m0/s1. The molecule has 2 rings (SSSR count). The molecule has 4 atom stereocenters. The summed E-state index contributed by atoms with van der Waals surface area (Å²) >= 11 is 0. The summed E-state index contributed by atoms with van der Waals surface area (Å²) in [5, 5.41) is 0. The molecular weight excluding hydrogens is 258 g/mol. The molecule has 1 spiro atoms. The molecule has 0 aromatic rings. The van der Waals surface area contributed by atoms with Crippen LogP contribution in [0, 0.1) is 0 Å². The first-order valence-electron chi connectivity index (χ1n) is 7.65. The second-order valence-corrected chi connectivity index (χ2v) is 6.06. The highest BCUT2D eigenvalue weighted by Gasteiger charge is 2.61. The molecule has 20 heavy (non-hydrogen) atoms. The Hall–Kier alpha value is -0.200. The van der Waals surface area contributed by atoms with E-state index in [0.29, 0.717) is 12.1 Å². The minimum absolute atomic E-state index is 0.0817. The van der Waals surface area contributed by atoms with Crippen LogP contribution >= 0.6 is 0 Å². The van der Waals surface area contributed by atoms with Crippen LogP contribution in [-0.4, -0.2) is 83.5 Å². The van der Waals surface area contributed by atoms with Crippen molar-refractivity contribution in [2.24, 2.45) is 0 Å². The number of hydrogen-bond acceptors (Lipinski definition) is 4. The van der Waals surface area contributed by atoms with Crippen LogP contribution in [0.5, 0.6) is 0 Å². The molecule has 0 aromatic heterocycles. The van der Waals surface area contributed by atoms with Crippen molar-refractivity contribution in [3.05, 3.63) is 0 Å². The Morgan fingerprint density at radius 3 is 1.55 bits per heavy atom. The molecule has 118 valence electrons. The van der Waals surface area contributed by atoms with Gasteiger partial charge in [-0.25, -0.2) is 0 Å². The number of piperidine rings is 1. The number of nitrogens with zero attached hydrogens (tertiary/aromatic N) is 1. The van der Waals surface area contributed by atoms with Gasteiger partial charge in [0.25, 0.3) is 0 Å². The van der Waals surface area contributed by atoms with Crippen LogP contribution in [0.3, 0.4) is 0 Å². The second-order valence-electron chi connectivity index (χ2n) is 6.06. The van der Waals surface area contributed by atoms with Crippen molar-refractivity contribution in [3.8, 4) is 0 Å². The Kier molecular flexibility index (Phi) is 5.81. The van der Waals surface area contributed by atoms with Crippen molar-refractivity contribution < 1.29 is 23.4 Å². The number of quaternary nitrogens is 1. The first-order valence-corrected chi connectivity index (χ1v) is 7.65. The van der Waals surface area contributed by atoms with Crippen molar-refractivity contribution in [2.45, 2.75) is 43.6 Å². The molecule has 0 N–H and O–H groups in total. The van der Waals surface area contributed by atoms with Gasteiger partial charge in [0.15, 0.2) is 0 Å². The van der Waals surface area contributed by atoms with E-state index in [1.165, 1.54) is 32.4 Å². The minimum Gasteiger partial charge on any atom is -0.378 e. The van der Waals surface area contributed by atoms with Gasteiger partial charge in [-0.15, -0.1) is 0 Å². The molecule has 0 amide bonds. The number of hydrogen-bond donors (Lipinski definition) is 0. The highest BCUT2D eigenvalue weighted by molar-refractivity contribution is 4.95. The fourth-order valence-electron chi connectivity index (χ4n) is 4.44. The van der Waals surface area contributed by atoms with Crippen LogP contribution in [0.2, 0.25) is 0 Å². The van der Waals surface area contributed by atoms with E-state index in [1.807, 2.05) is 0 Å². The first-order chi connectivity index (χ1) is 9.75. The van der Waals surface area contributed by atoms with E-state index in [-0.39, 0.29) is 12.2 Å². The molecule has 5 heteroatoms. The van der Waals surface area contributed by atoms with Gasteiger partial charge < -0.3 is 23.4 Å². The van der Waals surface area contributed by atoms with Crippen LogP contribution in [-0.2, 0) is 18.9 Å². The van der Waals surface area contributed by atoms with Crippen molar-refractivity contribution in [3.63, 3.8) is 0 Å². The molecular formula is C15H30NO4+. The largest absolute Gasteiger partial charge is 0.378 e. The third-order valence-corrected chi connectivity index (χ3v) is 5.27. The lowest BCUT2D eigenvalue weighted by Gasteiger charge is -2.47. The van der Waals surface area contributed by atoms with Crippen LogP contribution in [0.4, 0.5) is 0 Å². The quantitative estimate of drug-likeness (QED) is 0.685. The normalized spacial score (nSPS) is 36.6. The molecule has 0 radical (unpaired) electrons. The summed E-state index contributed by atoms with van der Waals surface area (Å²) in [6, 6.07) is 0.686. The maximum absolute atomic E-state index is 5.81. The predicted octanol–water partition coefficient (Wildman–Crippen LogP) is 1.06. The summed E-state index contributed by atoms with van der Waals surface area (Å²) in [6.07, 6.45) is 4.03. The molecule has 0 aliphatic carbocycles. The lowest BCUT2D eigenvalue weighted by Crippen LogP contribution is -2.63. The summed E-state index contributed by atoms with van der Waals surface area (Å²) in [6.45, 7) is 3.81. The molecule has 2 saturated heterocycles. The van der Waals surface area contributed by atoms with E-state index in [1.54, 1.807) is 28.4 Å². The third-order valence-electron chi connectivity index (χ3n) is 5.27. The zero-order valence-electron chi connectivity index (χ0n) is 13.3. The summed E-state index contributed by atoms with van der Waals surface area (Å²) in [7, 11) is 7.13. The zero-order valence-corrected chi connectivity index (χ0v) is 13.3. The van der Waals surface area contributed by atoms with E-state index in [9.17, 15) is 0 Å². The fourth-order valence-corrected chi connectivity index (χ4v) is 4.44. The smallest absolute Gasteiger partial charge is 0.143 e. The molecule has 2 aliphatic rings. The van der Waals surface area contributed by atoms with Gasteiger partial charge in [-0.1, -0.05) is 0 Å². The molecule has 0 unspecified atom stereocenters. The van der Waals surface area contributed by atoms with Gasteiger partial charge in [0.05, 0.1) is 13.1 Å². The van der Waals surface area contributed by atoms with E-state index >= 15 is 0 Å². The predicted molar refractivity (Wildman–Crippen MR) is 76.8 cm³/mol. The van der Waals surface area contributed by atoms with E-state index in [0.717, 1.165) is 17.7 Å². The number of ether oxygens (including phenoxy) is 4. The van der Waals surface area contributed by atoms with Crippen molar-refractivity contribution in [1.29, 1.82) is 0 Å². The van der Waals surface area contributed by atoms with Gasteiger partial charge in [0, 0.05) is 28.4 Å². The first kappa shape index (κ1) is 16.2. The van der Waals surface area contributed by atoms with Crippen molar-refractivity contribution in [1.82, 2.24) is 0 Å². The molecule has 5 nitrogen and oxygen atoms in total. The molecule has 2 heterocycles. The molecule has 2 aliphatic heterocycles. The molecule has 0 aromatic carbocycles. The SMILES string of the molecule is COC[C@H]1[C@@H](OC)[C@H](OC)[C@H](COC)[N+]12CCCCC2. The van der Waals surface area contributed by atoms with Gasteiger partial charge in [-0.2, -0.15) is 0 Å². The molecule has 0 bridgehead atoms. The minimum atomic E-state index is 0.0817. The second kappa shape index (κ2) is 7.18. The number of methoxy groups -OCH3 is 4. The lowest BCUT2D eigenvalue weighted by atomic mass is 10.0. The highest BCUT2D eigenvalue weighted by Crippen LogP contribution is 2.40. The summed E-state index contributed by atoms with van der Waals surface area (Å²) < 4.78 is 23.7. The average Bonchev–Trinajstić information content (AvgIpc) is 2.71. The Bertz CT molecular complexity index is 272. The Morgan fingerprint density at radius 2 is 1.20 bits per heavy atom. The van der Waals surface area contributed by atoms with Crippen LogP contribution in [0.15, 0.2) is 0 Å². The van der Waals surface area contributed by atoms with Gasteiger partial charge in [0.2, 0.25) is 0 Å². The maximum atomic E-state index is 5.81. The Balaban J connectivity index is 2.34. The number of rotatable bonds is 6. The summed E-state index contributed by atoms with van der Waals surface area (Å²) in [4.78, 5) is 0. The van der Waals surface area contributed by atoms with Crippen molar-refractivity contribution in [2.75, 3.05) is 54.7 Å². The highest BCUT2D eigenvalue weighted by atomic mass is 16.5. The van der Waals surface area contributed by atoms with Gasteiger partial charge in [0.1, 0.15) is 37.5 Å². The average molecular weight is 288 g/mol. The summed E-state index contributed by atoms with van der Waals surface area (Å²) in [5.74, 6) is 0. The van der Waals surface area contributed by atoms with Gasteiger partial charge in [-0.05, 0) is 19.3 Å². The van der Waals surface area contributed by atoms with Crippen molar-refractivity contribution >= 4 is 0 Å². The van der Waals surface area contributed by atoms with Gasteiger partial charge in [-0.3, -0.25) is 0 Å². The fraction of sp³-hybridized carbons (Fsp3) is 1.00. The van der Waals surface area contributed by atoms with Crippen LogP contribution in [0.25, 0.3) is 0 Å². The van der Waals surface area contributed by atoms with Gasteiger partial charge >= 0.3 is 0 Å². The topological polar surface area (TPSA) is 36.9 Å². The van der Waals surface area contributed by atoms with Crippen LogP contribution < -0.4 is 0 Å². The van der Waals surface area contributed by atoms with E-state index in [2.05, 4.69) is 0 Å². The summed E-state index contributed by atoms with van der Waals surface area (Å²) in [5.41, 5.74) is 0. The monoisotopic (exact) mass is 288 g/mol. The Labute approximate surface area is 122 Å². The molecule has 2 fully saturated rings. The zero-order chi connectivity index (χ0) is 14.6. The Morgan fingerprint density at radius 1 is 0.750 bits per heavy atom. The maximum Gasteiger partial charge on any atom is 0.143 e.